The van der Waals surface area contributed by atoms with E-state index in [2.05, 4.69) is 43.4 Å². The van der Waals surface area contributed by atoms with E-state index in [1.165, 1.54) is 24.8 Å². The van der Waals surface area contributed by atoms with Crippen LogP contribution in [-0.4, -0.2) is 19.8 Å². The molecule has 0 spiro atoms. The second kappa shape index (κ2) is 7.80. The zero-order valence-electron chi connectivity index (χ0n) is 13.2. The monoisotopic (exact) mass is 275 g/mol. The van der Waals surface area contributed by atoms with Crippen molar-refractivity contribution in [3.8, 4) is 0 Å². The molecule has 1 aliphatic rings. The fourth-order valence-electron chi connectivity index (χ4n) is 3.25. The van der Waals surface area contributed by atoms with Gasteiger partial charge in [0.25, 0.3) is 0 Å². The zero-order valence-corrected chi connectivity index (χ0v) is 13.2. The van der Waals surface area contributed by atoms with Gasteiger partial charge >= 0.3 is 0 Å². The fourth-order valence-corrected chi connectivity index (χ4v) is 3.25. The molecule has 1 aromatic rings. The SMILES string of the molecule is CCCC(OC)C(NCC)c1ccccc1C1CCC1. The molecule has 0 bridgehead atoms. The van der Waals surface area contributed by atoms with Crippen LogP contribution in [0.2, 0.25) is 0 Å². The Hall–Kier alpha value is -0.860. The molecule has 0 heterocycles. The number of nitrogens with one attached hydrogen (secondary N) is 1. The Morgan fingerprint density at radius 2 is 2.00 bits per heavy atom. The Kier molecular flexibility index (Phi) is 6.06. The first kappa shape index (κ1) is 15.5. The number of methoxy groups -OCH3 is 1. The van der Waals surface area contributed by atoms with Crippen molar-refractivity contribution in [3.63, 3.8) is 0 Å². The molecular weight excluding hydrogens is 246 g/mol. The Morgan fingerprint density at radius 1 is 1.25 bits per heavy atom. The summed E-state index contributed by atoms with van der Waals surface area (Å²) in [5, 5.41) is 3.65. The lowest BCUT2D eigenvalue weighted by molar-refractivity contribution is 0.0606. The molecule has 0 radical (unpaired) electrons. The standard InChI is InChI=1S/C18H29NO/c1-4-9-17(20-3)18(19-5-2)16-13-7-6-12-15(16)14-10-8-11-14/h6-7,12-14,17-19H,4-5,8-11H2,1-3H3. The molecule has 1 aromatic carbocycles. The molecule has 1 N–H and O–H groups in total. The van der Waals surface area contributed by atoms with Crippen LogP contribution in [0.15, 0.2) is 24.3 Å². The number of ether oxygens (including phenoxy) is 1. The van der Waals surface area contributed by atoms with Crippen LogP contribution in [0.3, 0.4) is 0 Å². The molecular formula is C18H29NO. The minimum absolute atomic E-state index is 0.265. The summed E-state index contributed by atoms with van der Waals surface area (Å²) in [6, 6.07) is 9.29. The van der Waals surface area contributed by atoms with Crippen molar-refractivity contribution >= 4 is 0 Å². The summed E-state index contributed by atoms with van der Waals surface area (Å²) < 4.78 is 5.78. The van der Waals surface area contributed by atoms with E-state index in [4.69, 9.17) is 4.74 Å². The van der Waals surface area contributed by atoms with E-state index in [0.29, 0.717) is 6.04 Å². The van der Waals surface area contributed by atoms with Crippen LogP contribution in [0.5, 0.6) is 0 Å². The van der Waals surface area contributed by atoms with E-state index in [1.54, 1.807) is 5.56 Å². The highest BCUT2D eigenvalue weighted by atomic mass is 16.5. The molecule has 2 atom stereocenters. The number of hydrogen-bond donors (Lipinski definition) is 1. The summed E-state index contributed by atoms with van der Waals surface area (Å²) in [6.45, 7) is 5.39. The summed E-state index contributed by atoms with van der Waals surface area (Å²) in [6.07, 6.45) is 6.61. The maximum absolute atomic E-state index is 5.78. The van der Waals surface area contributed by atoms with E-state index < -0.39 is 0 Å². The van der Waals surface area contributed by atoms with Gasteiger partial charge in [-0.2, -0.15) is 0 Å². The van der Waals surface area contributed by atoms with Gasteiger partial charge in [0.2, 0.25) is 0 Å². The van der Waals surface area contributed by atoms with Gasteiger partial charge < -0.3 is 10.1 Å². The number of rotatable bonds is 8. The molecule has 112 valence electrons. The van der Waals surface area contributed by atoms with Gasteiger partial charge in [-0.1, -0.05) is 51.0 Å². The Balaban J connectivity index is 2.27. The molecule has 1 aliphatic carbocycles. The van der Waals surface area contributed by atoms with Crippen molar-refractivity contribution in [3.05, 3.63) is 35.4 Å². The summed E-state index contributed by atoms with van der Waals surface area (Å²) in [7, 11) is 1.84. The Labute approximate surface area is 123 Å². The smallest absolute Gasteiger partial charge is 0.0765 e. The number of benzene rings is 1. The van der Waals surface area contributed by atoms with Gasteiger partial charge in [-0.25, -0.2) is 0 Å². The van der Waals surface area contributed by atoms with Crippen LogP contribution in [0, 0.1) is 0 Å². The third-order valence-corrected chi connectivity index (χ3v) is 4.55. The van der Waals surface area contributed by atoms with Gasteiger partial charge in [-0.05, 0) is 42.9 Å². The van der Waals surface area contributed by atoms with E-state index in [1.807, 2.05) is 7.11 Å². The second-order valence-electron chi connectivity index (χ2n) is 5.85. The Morgan fingerprint density at radius 3 is 2.55 bits per heavy atom. The van der Waals surface area contributed by atoms with E-state index >= 15 is 0 Å². The molecule has 20 heavy (non-hydrogen) atoms. The molecule has 2 heteroatoms. The normalized spacial score (nSPS) is 18.6. The number of hydrogen-bond acceptors (Lipinski definition) is 2. The summed E-state index contributed by atoms with van der Waals surface area (Å²) in [4.78, 5) is 0. The number of likely N-dealkylation sites (N-methyl/N-ethyl adjacent to an activating group) is 1. The predicted molar refractivity (Wildman–Crippen MR) is 85.2 cm³/mol. The highest BCUT2D eigenvalue weighted by Crippen LogP contribution is 2.40. The molecule has 2 rings (SSSR count). The maximum Gasteiger partial charge on any atom is 0.0765 e. The highest BCUT2D eigenvalue weighted by Gasteiger charge is 2.28. The second-order valence-corrected chi connectivity index (χ2v) is 5.85. The van der Waals surface area contributed by atoms with Crippen molar-refractivity contribution in [2.24, 2.45) is 0 Å². The quantitative estimate of drug-likeness (QED) is 0.758. The van der Waals surface area contributed by atoms with Crippen molar-refractivity contribution in [2.75, 3.05) is 13.7 Å². The molecule has 0 amide bonds. The summed E-state index contributed by atoms with van der Waals surface area (Å²) >= 11 is 0. The summed E-state index contributed by atoms with van der Waals surface area (Å²) in [5.74, 6) is 0.770. The zero-order chi connectivity index (χ0) is 14.4. The lowest BCUT2D eigenvalue weighted by atomic mass is 9.76. The largest absolute Gasteiger partial charge is 0.379 e. The van der Waals surface area contributed by atoms with Gasteiger partial charge in [0, 0.05) is 7.11 Å². The molecule has 2 nitrogen and oxygen atoms in total. The van der Waals surface area contributed by atoms with Crippen LogP contribution < -0.4 is 5.32 Å². The highest BCUT2D eigenvalue weighted by molar-refractivity contribution is 5.35. The van der Waals surface area contributed by atoms with Crippen LogP contribution in [0.1, 0.15) is 69.0 Å². The fraction of sp³-hybridized carbons (Fsp3) is 0.667. The topological polar surface area (TPSA) is 21.3 Å². The van der Waals surface area contributed by atoms with E-state index in [0.717, 1.165) is 25.3 Å². The molecule has 0 aliphatic heterocycles. The summed E-state index contributed by atoms with van der Waals surface area (Å²) in [5.41, 5.74) is 3.00. The third-order valence-electron chi connectivity index (χ3n) is 4.55. The first-order valence-corrected chi connectivity index (χ1v) is 8.16. The van der Waals surface area contributed by atoms with Crippen LogP contribution >= 0.6 is 0 Å². The molecule has 1 fully saturated rings. The van der Waals surface area contributed by atoms with Gasteiger partial charge in [0.15, 0.2) is 0 Å². The van der Waals surface area contributed by atoms with E-state index in [-0.39, 0.29) is 6.10 Å². The molecule has 0 saturated heterocycles. The third kappa shape index (κ3) is 3.42. The van der Waals surface area contributed by atoms with Crippen molar-refractivity contribution in [1.29, 1.82) is 0 Å². The van der Waals surface area contributed by atoms with Gasteiger partial charge in [0.1, 0.15) is 0 Å². The lowest BCUT2D eigenvalue weighted by Gasteiger charge is -2.33. The first-order valence-electron chi connectivity index (χ1n) is 8.16. The molecule has 2 unspecified atom stereocenters. The average Bonchev–Trinajstić information content (AvgIpc) is 2.42. The average molecular weight is 275 g/mol. The van der Waals surface area contributed by atoms with E-state index in [9.17, 15) is 0 Å². The maximum atomic E-state index is 5.78. The lowest BCUT2D eigenvalue weighted by Crippen LogP contribution is -2.34. The van der Waals surface area contributed by atoms with Crippen LogP contribution in [0.25, 0.3) is 0 Å². The van der Waals surface area contributed by atoms with Gasteiger partial charge in [0.05, 0.1) is 12.1 Å². The minimum Gasteiger partial charge on any atom is -0.379 e. The van der Waals surface area contributed by atoms with Crippen LogP contribution in [-0.2, 0) is 4.74 Å². The Bertz CT molecular complexity index is 400. The van der Waals surface area contributed by atoms with Crippen molar-refractivity contribution in [1.82, 2.24) is 5.32 Å². The first-order chi connectivity index (χ1) is 9.81. The van der Waals surface area contributed by atoms with Gasteiger partial charge in [-0.15, -0.1) is 0 Å². The molecule has 1 saturated carbocycles. The van der Waals surface area contributed by atoms with Crippen molar-refractivity contribution in [2.45, 2.75) is 64.0 Å². The predicted octanol–water partition coefficient (Wildman–Crippen LogP) is 4.42. The molecule has 0 aromatic heterocycles. The van der Waals surface area contributed by atoms with Gasteiger partial charge in [-0.3, -0.25) is 0 Å². The van der Waals surface area contributed by atoms with Crippen LogP contribution in [0.4, 0.5) is 0 Å². The van der Waals surface area contributed by atoms with Crippen molar-refractivity contribution < 1.29 is 4.74 Å². The minimum atomic E-state index is 0.265.